The van der Waals surface area contributed by atoms with E-state index in [4.69, 9.17) is 0 Å². The van der Waals surface area contributed by atoms with Gasteiger partial charge in [0.2, 0.25) is 0 Å². The number of aromatic amines is 1. The molecule has 0 saturated heterocycles. The van der Waals surface area contributed by atoms with Crippen LogP contribution in [-0.2, 0) is 0 Å². The van der Waals surface area contributed by atoms with Crippen LogP contribution in [0.5, 0.6) is 0 Å². The smallest absolute Gasteiger partial charge is 0.101 e. The quantitative estimate of drug-likeness (QED) is 0.780. The number of dihydropyridines is 1. The van der Waals surface area contributed by atoms with Crippen molar-refractivity contribution in [2.24, 2.45) is 4.99 Å². The molecule has 2 aromatic rings. The van der Waals surface area contributed by atoms with E-state index in [0.717, 1.165) is 33.3 Å². The SMILES string of the molecule is CC1=NCCC(C)=C1c1cnc2c(I)c[nH]c2c1. The second-order valence-corrected chi connectivity index (χ2v) is 5.79. The first-order valence-electron chi connectivity index (χ1n) is 6.01. The highest BCUT2D eigenvalue weighted by Gasteiger charge is 2.14. The molecule has 3 rings (SSSR count). The Hall–Kier alpha value is -1.17. The van der Waals surface area contributed by atoms with Crippen LogP contribution in [0, 0.1) is 3.57 Å². The Bertz CT molecular complexity index is 679. The number of hydrogen-bond acceptors (Lipinski definition) is 2. The van der Waals surface area contributed by atoms with Gasteiger partial charge < -0.3 is 4.98 Å². The average Bonchev–Trinajstić information content (AvgIpc) is 2.71. The van der Waals surface area contributed by atoms with Crippen molar-refractivity contribution in [1.29, 1.82) is 0 Å². The predicted molar refractivity (Wildman–Crippen MR) is 84.0 cm³/mol. The predicted octanol–water partition coefficient (Wildman–Crippen LogP) is 3.81. The molecular weight excluding hydrogens is 337 g/mol. The van der Waals surface area contributed by atoms with Gasteiger partial charge in [-0.05, 0) is 48.9 Å². The molecule has 3 nitrogen and oxygen atoms in total. The van der Waals surface area contributed by atoms with Gasteiger partial charge in [0, 0.05) is 35.8 Å². The van der Waals surface area contributed by atoms with Crippen LogP contribution in [0.15, 0.2) is 29.0 Å². The zero-order valence-electron chi connectivity index (χ0n) is 10.4. The highest BCUT2D eigenvalue weighted by atomic mass is 127. The Kier molecular flexibility index (Phi) is 2.97. The highest BCUT2D eigenvalue weighted by Crippen LogP contribution is 2.28. The van der Waals surface area contributed by atoms with Crippen molar-refractivity contribution < 1.29 is 0 Å². The van der Waals surface area contributed by atoms with Gasteiger partial charge in [0.15, 0.2) is 0 Å². The second kappa shape index (κ2) is 4.50. The summed E-state index contributed by atoms with van der Waals surface area (Å²) in [5.41, 5.74) is 7.10. The number of nitrogens with one attached hydrogen (secondary N) is 1. The number of aromatic nitrogens is 2. The molecule has 4 heteroatoms. The Morgan fingerprint density at radius 2 is 2.17 bits per heavy atom. The van der Waals surface area contributed by atoms with Gasteiger partial charge in [-0.1, -0.05) is 5.57 Å². The van der Waals surface area contributed by atoms with Crippen LogP contribution < -0.4 is 0 Å². The molecule has 1 N–H and O–H groups in total. The first-order chi connectivity index (χ1) is 8.66. The molecule has 0 fully saturated rings. The van der Waals surface area contributed by atoms with Gasteiger partial charge in [-0.3, -0.25) is 9.98 Å². The minimum absolute atomic E-state index is 0.914. The minimum atomic E-state index is 0.914. The van der Waals surface area contributed by atoms with E-state index in [9.17, 15) is 0 Å². The maximum absolute atomic E-state index is 4.56. The maximum atomic E-state index is 4.56. The summed E-state index contributed by atoms with van der Waals surface area (Å²) in [6.07, 6.45) is 5.00. The standard InChI is InChI=1S/C14H14IN3/c1-8-3-4-16-9(2)13(8)10-5-12-14(18-6-10)11(15)7-17-12/h5-7,17H,3-4H2,1-2H3. The molecular formula is C14H14IN3. The lowest BCUT2D eigenvalue weighted by atomic mass is 9.94. The Balaban J connectivity index is 2.17. The molecule has 0 bridgehead atoms. The summed E-state index contributed by atoms with van der Waals surface area (Å²) in [5.74, 6) is 0. The van der Waals surface area contributed by atoms with E-state index in [0.29, 0.717) is 0 Å². The monoisotopic (exact) mass is 351 g/mol. The molecule has 0 atom stereocenters. The summed E-state index contributed by atoms with van der Waals surface area (Å²) < 4.78 is 1.16. The van der Waals surface area contributed by atoms with Crippen molar-refractivity contribution >= 4 is 44.9 Å². The topological polar surface area (TPSA) is 41.0 Å². The van der Waals surface area contributed by atoms with Crippen LogP contribution in [0.4, 0.5) is 0 Å². The molecule has 18 heavy (non-hydrogen) atoms. The normalized spacial score (nSPS) is 16.3. The van der Waals surface area contributed by atoms with Crippen molar-refractivity contribution in [3.8, 4) is 0 Å². The van der Waals surface area contributed by atoms with Gasteiger partial charge >= 0.3 is 0 Å². The summed E-state index contributed by atoms with van der Waals surface area (Å²) in [4.78, 5) is 12.4. The van der Waals surface area contributed by atoms with E-state index in [2.05, 4.69) is 57.5 Å². The summed E-state index contributed by atoms with van der Waals surface area (Å²) in [5, 5.41) is 0. The van der Waals surface area contributed by atoms with Crippen molar-refractivity contribution in [3.05, 3.63) is 33.2 Å². The van der Waals surface area contributed by atoms with Crippen LogP contribution >= 0.6 is 22.6 Å². The summed E-state index contributed by atoms with van der Waals surface area (Å²) >= 11 is 2.30. The molecule has 0 unspecified atom stereocenters. The zero-order valence-corrected chi connectivity index (χ0v) is 12.6. The number of H-pyrrole nitrogens is 1. The number of hydrogen-bond donors (Lipinski definition) is 1. The molecule has 0 aliphatic carbocycles. The third-order valence-corrected chi connectivity index (χ3v) is 4.20. The molecule has 0 amide bonds. The van der Waals surface area contributed by atoms with E-state index in [-0.39, 0.29) is 0 Å². The van der Waals surface area contributed by atoms with Crippen LogP contribution in [0.25, 0.3) is 16.6 Å². The zero-order chi connectivity index (χ0) is 12.7. The first kappa shape index (κ1) is 11.9. The third-order valence-electron chi connectivity index (χ3n) is 3.38. The van der Waals surface area contributed by atoms with Gasteiger partial charge in [0.25, 0.3) is 0 Å². The molecule has 0 spiro atoms. The van der Waals surface area contributed by atoms with Crippen molar-refractivity contribution in [2.75, 3.05) is 6.54 Å². The van der Waals surface area contributed by atoms with Crippen LogP contribution in [0.1, 0.15) is 25.8 Å². The third kappa shape index (κ3) is 1.88. The van der Waals surface area contributed by atoms with Gasteiger partial charge in [0.05, 0.1) is 9.09 Å². The second-order valence-electron chi connectivity index (χ2n) is 4.63. The van der Waals surface area contributed by atoms with Gasteiger partial charge in [-0.25, -0.2) is 0 Å². The molecule has 0 radical (unpaired) electrons. The fourth-order valence-electron chi connectivity index (χ4n) is 2.47. The van der Waals surface area contributed by atoms with Crippen LogP contribution in [0.2, 0.25) is 0 Å². The van der Waals surface area contributed by atoms with E-state index in [1.807, 2.05) is 12.4 Å². The van der Waals surface area contributed by atoms with Crippen LogP contribution in [-0.4, -0.2) is 22.2 Å². The van der Waals surface area contributed by atoms with Crippen molar-refractivity contribution in [2.45, 2.75) is 20.3 Å². The van der Waals surface area contributed by atoms with Crippen LogP contribution in [0.3, 0.4) is 0 Å². The number of pyridine rings is 1. The van der Waals surface area contributed by atoms with Crippen molar-refractivity contribution in [1.82, 2.24) is 9.97 Å². The molecule has 1 aliphatic rings. The Labute approximate surface area is 120 Å². The highest BCUT2D eigenvalue weighted by molar-refractivity contribution is 14.1. The van der Waals surface area contributed by atoms with E-state index in [1.165, 1.54) is 16.7 Å². The van der Waals surface area contributed by atoms with E-state index in [1.54, 1.807) is 0 Å². The summed E-state index contributed by atoms with van der Waals surface area (Å²) in [7, 11) is 0. The fraction of sp³-hybridized carbons (Fsp3) is 0.286. The number of halogens is 1. The minimum Gasteiger partial charge on any atom is -0.359 e. The summed E-state index contributed by atoms with van der Waals surface area (Å²) in [6, 6.07) is 2.17. The van der Waals surface area contributed by atoms with Gasteiger partial charge in [-0.2, -0.15) is 0 Å². The molecule has 0 saturated carbocycles. The van der Waals surface area contributed by atoms with Crippen molar-refractivity contribution in [3.63, 3.8) is 0 Å². The van der Waals surface area contributed by atoms with E-state index >= 15 is 0 Å². The average molecular weight is 351 g/mol. The number of rotatable bonds is 1. The fourth-order valence-corrected chi connectivity index (χ4v) is 3.06. The molecule has 3 heterocycles. The van der Waals surface area contributed by atoms with Gasteiger partial charge in [-0.15, -0.1) is 0 Å². The molecule has 92 valence electrons. The number of aliphatic imine (C=N–C) groups is 1. The lowest BCUT2D eigenvalue weighted by molar-refractivity contribution is 0.939. The molecule has 2 aromatic heterocycles. The summed E-state index contributed by atoms with van der Waals surface area (Å²) in [6.45, 7) is 5.19. The first-order valence-corrected chi connectivity index (χ1v) is 7.09. The number of fused-ring (bicyclic) bond motifs is 1. The lowest BCUT2D eigenvalue weighted by Gasteiger charge is -2.16. The Morgan fingerprint density at radius 1 is 1.33 bits per heavy atom. The maximum Gasteiger partial charge on any atom is 0.101 e. The number of allylic oxidation sites excluding steroid dienone is 1. The molecule has 1 aliphatic heterocycles. The largest absolute Gasteiger partial charge is 0.359 e. The lowest BCUT2D eigenvalue weighted by Crippen LogP contribution is -2.07. The van der Waals surface area contributed by atoms with Gasteiger partial charge in [0.1, 0.15) is 5.52 Å². The molecule has 0 aromatic carbocycles. The number of nitrogens with zero attached hydrogens (tertiary/aromatic N) is 2. The Morgan fingerprint density at radius 3 is 2.94 bits per heavy atom. The van der Waals surface area contributed by atoms with E-state index < -0.39 is 0 Å².